The van der Waals surface area contributed by atoms with E-state index in [1.807, 2.05) is 0 Å². The van der Waals surface area contributed by atoms with Gasteiger partial charge in [-0.3, -0.25) is 4.79 Å². The van der Waals surface area contributed by atoms with Crippen LogP contribution in [0.5, 0.6) is 5.88 Å². The number of carbonyl (C=O) groups is 1. The van der Waals surface area contributed by atoms with Gasteiger partial charge in [-0.05, 0) is 25.3 Å². The van der Waals surface area contributed by atoms with Crippen LogP contribution in [0.3, 0.4) is 0 Å². The van der Waals surface area contributed by atoms with Crippen LogP contribution in [-0.2, 0) is 0 Å². The molecule has 1 aromatic heterocycles. The highest BCUT2D eigenvalue weighted by atomic mass is 16.5. The third-order valence-electron chi connectivity index (χ3n) is 3.17. The van der Waals surface area contributed by atoms with Crippen LogP contribution in [0.1, 0.15) is 29.6 Å². The lowest BCUT2D eigenvalue weighted by atomic mass is 10.2. The second-order valence-corrected chi connectivity index (χ2v) is 4.84. The molecule has 1 saturated carbocycles. The Kier molecular flexibility index (Phi) is 3.81. The van der Waals surface area contributed by atoms with Gasteiger partial charge in [0.05, 0.1) is 5.56 Å². The van der Waals surface area contributed by atoms with Gasteiger partial charge in [0.25, 0.3) is 5.91 Å². The highest BCUT2D eigenvalue weighted by molar-refractivity contribution is 5.93. The van der Waals surface area contributed by atoms with Gasteiger partial charge in [-0.15, -0.1) is 0 Å². The van der Waals surface area contributed by atoms with E-state index < -0.39 is 0 Å². The number of pyridine rings is 1. The third kappa shape index (κ3) is 2.79. The zero-order valence-electron chi connectivity index (χ0n) is 10.8. The molecule has 18 heavy (non-hydrogen) atoms. The van der Waals surface area contributed by atoms with Crippen LogP contribution in [0.2, 0.25) is 0 Å². The van der Waals surface area contributed by atoms with Crippen molar-refractivity contribution in [2.45, 2.75) is 31.4 Å². The van der Waals surface area contributed by atoms with Gasteiger partial charge in [0.15, 0.2) is 0 Å². The summed E-state index contributed by atoms with van der Waals surface area (Å²) in [6.45, 7) is 0. The molecule has 1 fully saturated rings. The van der Waals surface area contributed by atoms with E-state index in [9.17, 15) is 4.79 Å². The van der Waals surface area contributed by atoms with Gasteiger partial charge in [-0.25, -0.2) is 4.98 Å². The predicted molar refractivity (Wildman–Crippen MR) is 68.5 cm³/mol. The molecule has 1 aliphatic rings. The summed E-state index contributed by atoms with van der Waals surface area (Å²) < 4.78 is 5.72. The summed E-state index contributed by atoms with van der Waals surface area (Å²) in [6, 6.07) is 3.54. The first-order valence-electron chi connectivity index (χ1n) is 6.18. The minimum absolute atomic E-state index is 0.0490. The van der Waals surface area contributed by atoms with E-state index in [4.69, 9.17) is 10.5 Å². The monoisotopic (exact) mass is 249 g/mol. The van der Waals surface area contributed by atoms with Gasteiger partial charge < -0.3 is 15.4 Å². The molecule has 0 aliphatic heterocycles. The molecule has 1 aliphatic carbocycles. The maximum absolute atomic E-state index is 11.7. The molecule has 0 aromatic carbocycles. The number of ether oxygens (including phenoxy) is 1. The lowest BCUT2D eigenvalue weighted by Crippen LogP contribution is -2.33. The van der Waals surface area contributed by atoms with E-state index >= 15 is 0 Å². The first-order chi connectivity index (χ1) is 8.58. The van der Waals surface area contributed by atoms with E-state index in [0.717, 1.165) is 19.3 Å². The average Bonchev–Trinajstić information content (AvgIpc) is 2.75. The van der Waals surface area contributed by atoms with Gasteiger partial charge in [-0.1, -0.05) is 0 Å². The molecule has 2 rings (SSSR count). The summed E-state index contributed by atoms with van der Waals surface area (Å²) in [5, 5.41) is 0. The topological polar surface area (TPSA) is 68.5 Å². The van der Waals surface area contributed by atoms with Crippen LogP contribution >= 0.6 is 0 Å². The molecule has 1 aromatic rings. The third-order valence-corrected chi connectivity index (χ3v) is 3.17. The molecule has 5 heteroatoms. The van der Waals surface area contributed by atoms with Crippen molar-refractivity contribution in [3.63, 3.8) is 0 Å². The fourth-order valence-electron chi connectivity index (χ4n) is 2.09. The molecule has 1 amide bonds. The van der Waals surface area contributed by atoms with Gasteiger partial charge in [0.2, 0.25) is 5.88 Å². The fraction of sp³-hybridized carbons (Fsp3) is 0.538. The van der Waals surface area contributed by atoms with Crippen molar-refractivity contribution in [3.8, 4) is 5.88 Å². The Balaban J connectivity index is 2.01. The van der Waals surface area contributed by atoms with E-state index in [-0.39, 0.29) is 18.1 Å². The molecule has 0 saturated heterocycles. The Hall–Kier alpha value is -1.62. The number of hydrogen-bond donors (Lipinski definition) is 1. The zero-order valence-corrected chi connectivity index (χ0v) is 10.8. The van der Waals surface area contributed by atoms with Crippen LogP contribution in [0.4, 0.5) is 0 Å². The molecule has 0 spiro atoms. The van der Waals surface area contributed by atoms with Crippen molar-refractivity contribution in [2.75, 3.05) is 14.1 Å². The lowest BCUT2D eigenvalue weighted by molar-refractivity contribution is 0.0827. The fourth-order valence-corrected chi connectivity index (χ4v) is 2.09. The van der Waals surface area contributed by atoms with Crippen molar-refractivity contribution in [3.05, 3.63) is 23.9 Å². The molecule has 0 bridgehead atoms. The Morgan fingerprint density at radius 1 is 1.44 bits per heavy atom. The van der Waals surface area contributed by atoms with E-state index in [2.05, 4.69) is 4.98 Å². The SMILES string of the molecule is CN(C)C(=O)c1ccc(OC2CCCC2N)nc1. The Morgan fingerprint density at radius 2 is 2.22 bits per heavy atom. The normalized spacial score (nSPS) is 22.8. The van der Waals surface area contributed by atoms with Crippen LogP contribution < -0.4 is 10.5 Å². The number of hydrogen-bond acceptors (Lipinski definition) is 4. The van der Waals surface area contributed by atoms with Crippen molar-refractivity contribution < 1.29 is 9.53 Å². The summed E-state index contributed by atoms with van der Waals surface area (Å²) >= 11 is 0. The minimum atomic E-state index is -0.0633. The lowest BCUT2D eigenvalue weighted by Gasteiger charge is -2.17. The Labute approximate surface area is 107 Å². The standard InChI is InChI=1S/C13H19N3O2/c1-16(2)13(17)9-6-7-12(15-8-9)18-11-5-3-4-10(11)14/h6-8,10-11H,3-5,14H2,1-2H3. The second kappa shape index (κ2) is 5.35. The molecule has 5 nitrogen and oxygen atoms in total. The smallest absolute Gasteiger partial charge is 0.254 e. The largest absolute Gasteiger partial charge is 0.473 e. The predicted octanol–water partition coefficient (Wildman–Crippen LogP) is 1.04. The first-order valence-corrected chi connectivity index (χ1v) is 6.18. The summed E-state index contributed by atoms with van der Waals surface area (Å²) in [6.07, 6.45) is 4.66. The maximum Gasteiger partial charge on any atom is 0.254 e. The minimum Gasteiger partial charge on any atom is -0.473 e. The molecule has 2 N–H and O–H groups in total. The van der Waals surface area contributed by atoms with Crippen LogP contribution in [-0.4, -0.2) is 42.0 Å². The van der Waals surface area contributed by atoms with Crippen molar-refractivity contribution in [1.29, 1.82) is 0 Å². The highest BCUT2D eigenvalue weighted by Gasteiger charge is 2.25. The van der Waals surface area contributed by atoms with E-state index in [1.165, 1.54) is 11.1 Å². The number of carbonyl (C=O) groups excluding carboxylic acids is 1. The molecule has 2 atom stereocenters. The summed E-state index contributed by atoms with van der Waals surface area (Å²) in [7, 11) is 3.43. The Morgan fingerprint density at radius 3 is 2.72 bits per heavy atom. The highest BCUT2D eigenvalue weighted by Crippen LogP contribution is 2.22. The molecular formula is C13H19N3O2. The molecule has 98 valence electrons. The molecule has 0 radical (unpaired) electrons. The summed E-state index contributed by atoms with van der Waals surface area (Å²) in [5.74, 6) is 0.472. The molecule has 1 heterocycles. The van der Waals surface area contributed by atoms with Crippen molar-refractivity contribution in [1.82, 2.24) is 9.88 Å². The first kappa shape index (κ1) is 12.8. The van der Waals surface area contributed by atoms with Gasteiger partial charge in [-0.2, -0.15) is 0 Å². The number of rotatable bonds is 3. The second-order valence-electron chi connectivity index (χ2n) is 4.84. The van der Waals surface area contributed by atoms with Crippen molar-refractivity contribution in [2.24, 2.45) is 5.73 Å². The number of aromatic nitrogens is 1. The number of nitrogens with two attached hydrogens (primary N) is 1. The van der Waals surface area contributed by atoms with Gasteiger partial charge >= 0.3 is 0 Å². The van der Waals surface area contributed by atoms with Gasteiger partial charge in [0.1, 0.15) is 6.10 Å². The number of nitrogens with zero attached hydrogens (tertiary/aromatic N) is 2. The van der Waals surface area contributed by atoms with Gasteiger partial charge in [0, 0.05) is 32.4 Å². The number of amides is 1. The van der Waals surface area contributed by atoms with E-state index in [1.54, 1.807) is 26.2 Å². The Bertz CT molecular complexity index is 417. The molecular weight excluding hydrogens is 230 g/mol. The quantitative estimate of drug-likeness (QED) is 0.869. The van der Waals surface area contributed by atoms with Crippen LogP contribution in [0, 0.1) is 0 Å². The summed E-state index contributed by atoms with van der Waals surface area (Å²) in [5.41, 5.74) is 6.49. The molecule has 2 unspecified atom stereocenters. The maximum atomic E-state index is 11.7. The summed E-state index contributed by atoms with van der Waals surface area (Å²) in [4.78, 5) is 17.4. The average molecular weight is 249 g/mol. The van der Waals surface area contributed by atoms with Crippen LogP contribution in [0.15, 0.2) is 18.3 Å². The van der Waals surface area contributed by atoms with Crippen LogP contribution in [0.25, 0.3) is 0 Å². The zero-order chi connectivity index (χ0) is 13.1. The van der Waals surface area contributed by atoms with Crippen molar-refractivity contribution >= 4 is 5.91 Å². The van der Waals surface area contributed by atoms with E-state index in [0.29, 0.717) is 11.4 Å².